The van der Waals surface area contributed by atoms with Crippen molar-refractivity contribution in [1.82, 2.24) is 0 Å². The maximum absolute atomic E-state index is 13.6. The number of ether oxygens (including phenoxy) is 1. The lowest BCUT2D eigenvalue weighted by molar-refractivity contribution is -0.119. The van der Waals surface area contributed by atoms with Crippen LogP contribution in [0.4, 0.5) is 5.69 Å². The zero-order valence-corrected chi connectivity index (χ0v) is 21.6. The molecule has 0 bridgehead atoms. The van der Waals surface area contributed by atoms with Crippen molar-refractivity contribution in [3.8, 4) is 5.75 Å². The first-order chi connectivity index (χ1) is 15.9. The lowest BCUT2D eigenvalue weighted by atomic mass is 9.85. The highest BCUT2D eigenvalue weighted by Gasteiger charge is 2.32. The Morgan fingerprint density at radius 2 is 1.47 bits per heavy atom. The highest BCUT2D eigenvalue weighted by Crippen LogP contribution is 2.32. The molecule has 0 heterocycles. The van der Waals surface area contributed by atoms with Gasteiger partial charge in [-0.1, -0.05) is 75.2 Å². The van der Waals surface area contributed by atoms with Gasteiger partial charge in [0.15, 0.2) is 6.61 Å². The molecule has 0 saturated carbocycles. The van der Waals surface area contributed by atoms with Gasteiger partial charge in [0.05, 0.1) is 10.6 Å². The summed E-state index contributed by atoms with van der Waals surface area (Å²) in [6.45, 7) is 11.7. The van der Waals surface area contributed by atoms with Gasteiger partial charge >= 0.3 is 0 Å². The first-order valence-corrected chi connectivity index (χ1v) is 12.8. The van der Waals surface area contributed by atoms with Crippen LogP contribution in [0.5, 0.6) is 5.75 Å². The van der Waals surface area contributed by atoms with Crippen LogP contribution in [0.3, 0.4) is 0 Å². The highest BCUT2D eigenvalue weighted by molar-refractivity contribution is 7.93. The third kappa shape index (κ3) is 5.68. The van der Waals surface area contributed by atoms with E-state index in [9.17, 15) is 13.2 Å². The molecular formula is C28H33NO4S. The van der Waals surface area contributed by atoms with Gasteiger partial charge in [0.25, 0.3) is 15.9 Å². The topological polar surface area (TPSA) is 63.7 Å². The molecule has 3 rings (SSSR count). The standard InChI is InChI=1S/C28H33NO4S/c1-7-22-11-13-23(14-12-22)29(34(31,32)24-15-8-20(2)9-16-24)27(30)19-33-26-17-10-21(3)18-25(26)28(4,5)6/h8-18H,7,19H2,1-6H3. The molecule has 0 fully saturated rings. The number of nitrogens with zero attached hydrogens (tertiary/aromatic N) is 1. The first kappa shape index (κ1) is 25.5. The number of sulfonamides is 1. The third-order valence-corrected chi connectivity index (χ3v) is 7.42. The van der Waals surface area contributed by atoms with Gasteiger partial charge in [0.2, 0.25) is 0 Å². The van der Waals surface area contributed by atoms with E-state index in [2.05, 4.69) is 20.8 Å². The molecule has 3 aromatic carbocycles. The molecule has 0 spiro atoms. The molecule has 34 heavy (non-hydrogen) atoms. The van der Waals surface area contributed by atoms with Crippen LogP contribution >= 0.6 is 0 Å². The Balaban J connectivity index is 1.98. The second kappa shape index (κ2) is 10.0. The maximum Gasteiger partial charge on any atom is 0.278 e. The van der Waals surface area contributed by atoms with Crippen LogP contribution in [0.15, 0.2) is 71.6 Å². The van der Waals surface area contributed by atoms with E-state index in [1.54, 1.807) is 24.3 Å². The van der Waals surface area contributed by atoms with E-state index in [4.69, 9.17) is 4.74 Å². The number of anilines is 1. The van der Waals surface area contributed by atoms with Crippen LogP contribution in [0.2, 0.25) is 0 Å². The van der Waals surface area contributed by atoms with Gasteiger partial charge in [0.1, 0.15) is 5.75 Å². The van der Waals surface area contributed by atoms with Gasteiger partial charge in [-0.3, -0.25) is 4.79 Å². The molecule has 3 aromatic rings. The van der Waals surface area contributed by atoms with Gasteiger partial charge in [-0.15, -0.1) is 0 Å². The van der Waals surface area contributed by atoms with Crippen molar-refractivity contribution < 1.29 is 17.9 Å². The van der Waals surface area contributed by atoms with Crippen LogP contribution in [0, 0.1) is 13.8 Å². The van der Waals surface area contributed by atoms with E-state index in [1.807, 2.05) is 51.1 Å². The van der Waals surface area contributed by atoms with Gasteiger partial charge in [-0.25, -0.2) is 8.42 Å². The van der Waals surface area contributed by atoms with Gasteiger partial charge in [0, 0.05) is 0 Å². The van der Waals surface area contributed by atoms with Crippen LogP contribution < -0.4 is 9.04 Å². The van der Waals surface area contributed by atoms with E-state index in [-0.39, 0.29) is 16.0 Å². The molecule has 0 radical (unpaired) electrons. The fourth-order valence-corrected chi connectivity index (χ4v) is 5.06. The van der Waals surface area contributed by atoms with E-state index in [0.29, 0.717) is 5.75 Å². The van der Waals surface area contributed by atoms with Gasteiger partial charge in [-0.2, -0.15) is 4.31 Å². The molecule has 0 aliphatic heterocycles. The summed E-state index contributed by atoms with van der Waals surface area (Å²) < 4.78 is 33.9. The van der Waals surface area contributed by atoms with Crippen molar-refractivity contribution in [2.24, 2.45) is 0 Å². The number of hydrogen-bond acceptors (Lipinski definition) is 4. The van der Waals surface area contributed by atoms with E-state index >= 15 is 0 Å². The lowest BCUT2D eigenvalue weighted by Gasteiger charge is -2.25. The highest BCUT2D eigenvalue weighted by atomic mass is 32.2. The second-order valence-electron chi connectivity index (χ2n) is 9.53. The van der Waals surface area contributed by atoms with Crippen molar-refractivity contribution in [3.05, 3.63) is 89.0 Å². The number of carbonyl (C=O) groups is 1. The Morgan fingerprint density at radius 1 is 0.882 bits per heavy atom. The van der Waals surface area contributed by atoms with Crippen molar-refractivity contribution in [2.75, 3.05) is 10.9 Å². The zero-order chi connectivity index (χ0) is 25.1. The molecule has 5 nitrogen and oxygen atoms in total. The molecule has 0 unspecified atom stereocenters. The summed E-state index contributed by atoms with van der Waals surface area (Å²) in [5.41, 5.74) is 4.11. The number of amides is 1. The van der Waals surface area contributed by atoms with Crippen LogP contribution in [0.25, 0.3) is 0 Å². The van der Waals surface area contributed by atoms with Gasteiger partial charge < -0.3 is 4.74 Å². The van der Waals surface area contributed by atoms with Crippen molar-refractivity contribution in [2.45, 2.75) is 58.3 Å². The minimum Gasteiger partial charge on any atom is -0.483 e. The Labute approximate surface area is 203 Å². The molecule has 0 saturated heterocycles. The molecule has 0 atom stereocenters. The fourth-order valence-electron chi connectivity index (χ4n) is 3.65. The van der Waals surface area contributed by atoms with E-state index < -0.39 is 22.5 Å². The summed E-state index contributed by atoms with van der Waals surface area (Å²) in [7, 11) is -4.14. The predicted molar refractivity (Wildman–Crippen MR) is 137 cm³/mol. The second-order valence-corrected chi connectivity index (χ2v) is 11.3. The summed E-state index contributed by atoms with van der Waals surface area (Å²) in [4.78, 5) is 13.5. The number of hydrogen-bond donors (Lipinski definition) is 0. The average Bonchev–Trinajstić information content (AvgIpc) is 2.78. The van der Waals surface area contributed by atoms with Crippen molar-refractivity contribution >= 4 is 21.6 Å². The Kier molecular flexibility index (Phi) is 7.51. The number of rotatable bonds is 7. The average molecular weight is 480 g/mol. The molecular weight excluding hydrogens is 446 g/mol. The number of benzene rings is 3. The molecule has 0 N–H and O–H groups in total. The fraction of sp³-hybridized carbons (Fsp3) is 0.321. The predicted octanol–water partition coefficient (Wildman–Crippen LogP) is 5.96. The van der Waals surface area contributed by atoms with Crippen molar-refractivity contribution in [3.63, 3.8) is 0 Å². The molecule has 0 aliphatic carbocycles. The Morgan fingerprint density at radius 3 is 2.03 bits per heavy atom. The summed E-state index contributed by atoms with van der Waals surface area (Å²) >= 11 is 0. The van der Waals surface area contributed by atoms with Crippen LogP contribution in [-0.4, -0.2) is 20.9 Å². The summed E-state index contributed by atoms with van der Waals surface area (Å²) in [6, 6.07) is 19.2. The molecule has 0 aliphatic rings. The molecule has 6 heteroatoms. The largest absolute Gasteiger partial charge is 0.483 e. The Bertz CT molecular complexity index is 1260. The maximum atomic E-state index is 13.6. The summed E-state index contributed by atoms with van der Waals surface area (Å²) in [5, 5.41) is 0. The minimum absolute atomic E-state index is 0.0525. The van der Waals surface area contributed by atoms with Crippen molar-refractivity contribution in [1.29, 1.82) is 0 Å². The monoisotopic (exact) mass is 479 g/mol. The Hall–Kier alpha value is -3.12. The molecule has 0 aromatic heterocycles. The van der Waals surface area contributed by atoms with E-state index in [0.717, 1.165) is 33.0 Å². The normalized spacial score (nSPS) is 11.8. The number of carbonyl (C=O) groups excluding carboxylic acids is 1. The molecule has 180 valence electrons. The number of aryl methyl sites for hydroxylation is 3. The zero-order valence-electron chi connectivity index (χ0n) is 20.8. The quantitative estimate of drug-likeness (QED) is 0.419. The summed E-state index contributed by atoms with van der Waals surface area (Å²) in [5.74, 6) is -0.0919. The minimum atomic E-state index is -4.14. The van der Waals surface area contributed by atoms with Crippen LogP contribution in [-0.2, 0) is 26.7 Å². The van der Waals surface area contributed by atoms with Gasteiger partial charge in [-0.05, 0) is 67.1 Å². The third-order valence-electron chi connectivity index (χ3n) is 5.66. The SMILES string of the molecule is CCc1ccc(N(C(=O)COc2ccc(C)cc2C(C)(C)C)S(=O)(=O)c2ccc(C)cc2)cc1. The molecule has 1 amide bonds. The smallest absolute Gasteiger partial charge is 0.278 e. The van der Waals surface area contributed by atoms with E-state index in [1.165, 1.54) is 12.1 Å². The lowest BCUT2D eigenvalue weighted by Crippen LogP contribution is -2.40. The van der Waals surface area contributed by atoms with Crippen LogP contribution in [0.1, 0.15) is 49.9 Å². The first-order valence-electron chi connectivity index (χ1n) is 11.4. The summed E-state index contributed by atoms with van der Waals surface area (Å²) in [6.07, 6.45) is 0.811.